The van der Waals surface area contributed by atoms with Crippen molar-refractivity contribution < 1.29 is 9.47 Å². The van der Waals surface area contributed by atoms with E-state index < -0.39 is 0 Å². The van der Waals surface area contributed by atoms with Crippen LogP contribution in [-0.4, -0.2) is 19.8 Å². The normalized spacial score (nSPS) is 10.5. The van der Waals surface area contributed by atoms with Gasteiger partial charge in [-0.25, -0.2) is 0 Å². The lowest BCUT2D eigenvalue weighted by Gasteiger charge is -2.09. The molecule has 0 fully saturated rings. The fraction of sp³-hybridized carbons (Fsp3) is 0.368. The highest BCUT2D eigenvalue weighted by Gasteiger charge is 1.99. The predicted molar refractivity (Wildman–Crippen MR) is 90.6 cm³/mol. The molecule has 2 rings (SSSR count). The van der Waals surface area contributed by atoms with E-state index in [1.807, 2.05) is 38.1 Å². The standard InChI is InChI=1S/C19H25NO2/c1-3-21-18-9-5-7-16(13-18)11-12-20-15-17-8-6-10-19(14-17)22-4-2/h5-10,13-14,20H,3-4,11-12,15H2,1-2H3. The lowest BCUT2D eigenvalue weighted by Crippen LogP contribution is -2.16. The lowest BCUT2D eigenvalue weighted by atomic mass is 10.1. The van der Waals surface area contributed by atoms with Crippen LogP contribution in [-0.2, 0) is 13.0 Å². The van der Waals surface area contributed by atoms with Gasteiger partial charge < -0.3 is 14.8 Å². The first-order valence-corrected chi connectivity index (χ1v) is 7.96. The Morgan fingerprint density at radius 1 is 0.818 bits per heavy atom. The largest absolute Gasteiger partial charge is 0.494 e. The van der Waals surface area contributed by atoms with Crippen LogP contribution in [0.25, 0.3) is 0 Å². The number of benzene rings is 2. The highest BCUT2D eigenvalue weighted by molar-refractivity contribution is 5.29. The van der Waals surface area contributed by atoms with E-state index in [9.17, 15) is 0 Å². The Labute approximate surface area is 133 Å². The molecule has 0 bridgehead atoms. The molecule has 2 aromatic rings. The van der Waals surface area contributed by atoms with Gasteiger partial charge in [0.2, 0.25) is 0 Å². The molecule has 22 heavy (non-hydrogen) atoms. The zero-order valence-electron chi connectivity index (χ0n) is 13.5. The Hall–Kier alpha value is -2.00. The minimum Gasteiger partial charge on any atom is -0.494 e. The Bertz CT molecular complexity index is 517. The maximum absolute atomic E-state index is 5.52. The maximum atomic E-state index is 5.52. The zero-order chi connectivity index (χ0) is 15.6. The molecule has 0 aliphatic carbocycles. The van der Waals surface area contributed by atoms with Crippen molar-refractivity contribution >= 4 is 0 Å². The number of rotatable bonds is 9. The molecule has 0 spiro atoms. The summed E-state index contributed by atoms with van der Waals surface area (Å²) < 4.78 is 11.0. The second kappa shape index (κ2) is 9.11. The van der Waals surface area contributed by atoms with Gasteiger partial charge in [-0.3, -0.25) is 0 Å². The lowest BCUT2D eigenvalue weighted by molar-refractivity contribution is 0.339. The summed E-state index contributed by atoms with van der Waals surface area (Å²) in [4.78, 5) is 0. The van der Waals surface area contributed by atoms with Crippen molar-refractivity contribution in [2.45, 2.75) is 26.8 Å². The van der Waals surface area contributed by atoms with Crippen LogP contribution in [0.1, 0.15) is 25.0 Å². The SMILES string of the molecule is CCOc1cccc(CCNCc2cccc(OCC)c2)c1. The second-order valence-corrected chi connectivity index (χ2v) is 5.09. The van der Waals surface area contributed by atoms with Crippen LogP contribution in [0.5, 0.6) is 11.5 Å². The molecule has 0 radical (unpaired) electrons. The fourth-order valence-corrected chi connectivity index (χ4v) is 2.33. The molecule has 0 aliphatic rings. The maximum Gasteiger partial charge on any atom is 0.119 e. The molecule has 0 aliphatic heterocycles. The van der Waals surface area contributed by atoms with Crippen LogP contribution in [0.2, 0.25) is 0 Å². The monoisotopic (exact) mass is 299 g/mol. The van der Waals surface area contributed by atoms with Crippen molar-refractivity contribution in [1.29, 1.82) is 0 Å². The van der Waals surface area contributed by atoms with E-state index >= 15 is 0 Å². The molecule has 3 nitrogen and oxygen atoms in total. The summed E-state index contributed by atoms with van der Waals surface area (Å²) in [5, 5.41) is 3.47. The summed E-state index contributed by atoms with van der Waals surface area (Å²) in [6.07, 6.45) is 0.992. The minimum absolute atomic E-state index is 0.701. The molecule has 3 heteroatoms. The summed E-state index contributed by atoms with van der Waals surface area (Å²) in [5.41, 5.74) is 2.54. The van der Waals surface area contributed by atoms with Crippen LogP contribution in [0, 0.1) is 0 Å². The van der Waals surface area contributed by atoms with Gasteiger partial charge in [-0.05, 0) is 62.2 Å². The Balaban J connectivity index is 1.77. The van der Waals surface area contributed by atoms with Crippen LogP contribution in [0.4, 0.5) is 0 Å². The Kier molecular flexibility index (Phi) is 6.78. The van der Waals surface area contributed by atoms with E-state index in [-0.39, 0.29) is 0 Å². The summed E-state index contributed by atoms with van der Waals surface area (Å²) in [6, 6.07) is 16.5. The van der Waals surface area contributed by atoms with Crippen molar-refractivity contribution in [3.63, 3.8) is 0 Å². The molecule has 0 saturated heterocycles. The van der Waals surface area contributed by atoms with E-state index in [2.05, 4.69) is 29.6 Å². The average molecular weight is 299 g/mol. The molecule has 0 aromatic heterocycles. The fourth-order valence-electron chi connectivity index (χ4n) is 2.33. The third-order valence-corrected chi connectivity index (χ3v) is 3.34. The summed E-state index contributed by atoms with van der Waals surface area (Å²) in [6.45, 7) is 7.21. The van der Waals surface area contributed by atoms with Crippen LogP contribution in [0.3, 0.4) is 0 Å². The minimum atomic E-state index is 0.701. The third-order valence-electron chi connectivity index (χ3n) is 3.34. The quantitative estimate of drug-likeness (QED) is 0.714. The van der Waals surface area contributed by atoms with Crippen molar-refractivity contribution in [2.75, 3.05) is 19.8 Å². The average Bonchev–Trinajstić information content (AvgIpc) is 2.53. The molecule has 0 saturated carbocycles. The topological polar surface area (TPSA) is 30.5 Å². The Morgan fingerprint density at radius 3 is 2.05 bits per heavy atom. The molecule has 0 unspecified atom stereocenters. The molecule has 118 valence electrons. The van der Waals surface area contributed by atoms with Crippen LogP contribution < -0.4 is 14.8 Å². The van der Waals surface area contributed by atoms with Crippen LogP contribution in [0.15, 0.2) is 48.5 Å². The van der Waals surface area contributed by atoms with E-state index in [0.29, 0.717) is 13.2 Å². The molecular weight excluding hydrogens is 274 g/mol. The van der Waals surface area contributed by atoms with Gasteiger partial charge in [0.15, 0.2) is 0 Å². The second-order valence-electron chi connectivity index (χ2n) is 5.09. The first-order valence-electron chi connectivity index (χ1n) is 7.96. The molecule has 0 amide bonds. The number of ether oxygens (including phenoxy) is 2. The van der Waals surface area contributed by atoms with Crippen molar-refractivity contribution in [3.8, 4) is 11.5 Å². The van der Waals surface area contributed by atoms with E-state index in [1.54, 1.807) is 0 Å². The van der Waals surface area contributed by atoms with Gasteiger partial charge in [0.25, 0.3) is 0 Å². The van der Waals surface area contributed by atoms with Gasteiger partial charge in [-0.1, -0.05) is 24.3 Å². The smallest absolute Gasteiger partial charge is 0.119 e. The first-order chi connectivity index (χ1) is 10.8. The van der Waals surface area contributed by atoms with E-state index in [0.717, 1.165) is 31.0 Å². The zero-order valence-corrected chi connectivity index (χ0v) is 13.5. The Morgan fingerprint density at radius 2 is 1.41 bits per heavy atom. The molecular formula is C19H25NO2. The van der Waals surface area contributed by atoms with Crippen molar-refractivity contribution in [3.05, 3.63) is 59.7 Å². The van der Waals surface area contributed by atoms with Crippen molar-refractivity contribution in [1.82, 2.24) is 5.32 Å². The van der Waals surface area contributed by atoms with Gasteiger partial charge in [-0.15, -0.1) is 0 Å². The van der Waals surface area contributed by atoms with Crippen molar-refractivity contribution in [2.24, 2.45) is 0 Å². The van der Waals surface area contributed by atoms with Gasteiger partial charge in [0, 0.05) is 6.54 Å². The van der Waals surface area contributed by atoms with E-state index in [4.69, 9.17) is 9.47 Å². The van der Waals surface area contributed by atoms with Gasteiger partial charge in [-0.2, -0.15) is 0 Å². The van der Waals surface area contributed by atoms with Gasteiger partial charge in [0.1, 0.15) is 11.5 Å². The van der Waals surface area contributed by atoms with E-state index in [1.165, 1.54) is 11.1 Å². The predicted octanol–water partition coefficient (Wildman–Crippen LogP) is 3.82. The third kappa shape index (κ3) is 5.41. The number of hydrogen-bond donors (Lipinski definition) is 1. The van der Waals surface area contributed by atoms with Gasteiger partial charge in [0.05, 0.1) is 13.2 Å². The highest BCUT2D eigenvalue weighted by Crippen LogP contribution is 2.14. The molecule has 0 heterocycles. The molecule has 1 N–H and O–H groups in total. The first kappa shape index (κ1) is 16.4. The molecule has 0 atom stereocenters. The van der Waals surface area contributed by atoms with Crippen LogP contribution >= 0.6 is 0 Å². The summed E-state index contributed by atoms with van der Waals surface area (Å²) in [7, 11) is 0. The number of hydrogen-bond acceptors (Lipinski definition) is 3. The molecule has 2 aromatic carbocycles. The highest BCUT2D eigenvalue weighted by atomic mass is 16.5. The summed E-state index contributed by atoms with van der Waals surface area (Å²) in [5.74, 6) is 1.88. The summed E-state index contributed by atoms with van der Waals surface area (Å²) >= 11 is 0. The number of nitrogens with one attached hydrogen (secondary N) is 1. The van der Waals surface area contributed by atoms with Gasteiger partial charge >= 0.3 is 0 Å².